The van der Waals surface area contributed by atoms with Crippen LogP contribution in [0.25, 0.3) is 0 Å². The summed E-state index contributed by atoms with van der Waals surface area (Å²) in [5, 5.41) is 6.63. The Morgan fingerprint density at radius 3 is 2.88 bits per heavy atom. The summed E-state index contributed by atoms with van der Waals surface area (Å²) in [5.74, 6) is 0.282. The van der Waals surface area contributed by atoms with Gasteiger partial charge in [-0.2, -0.15) is 5.10 Å². The van der Waals surface area contributed by atoms with Gasteiger partial charge >= 0.3 is 0 Å². The van der Waals surface area contributed by atoms with Crippen molar-refractivity contribution >= 4 is 15.6 Å². The maximum Gasteiger partial charge on any atom is 0.179 e. The number of ketones is 1. The monoisotopic (exact) mass is 242 g/mol. The molecule has 1 aromatic rings. The smallest absolute Gasteiger partial charge is 0.179 e. The van der Waals surface area contributed by atoms with Gasteiger partial charge in [-0.05, 0) is 18.9 Å². The number of hydrogen-bond acceptors (Lipinski definition) is 4. The summed E-state index contributed by atoms with van der Waals surface area (Å²) >= 11 is 0. The first-order chi connectivity index (χ1) is 7.48. The van der Waals surface area contributed by atoms with Crippen molar-refractivity contribution in [2.75, 3.05) is 11.5 Å². The number of aromatic amines is 1. The lowest BCUT2D eigenvalue weighted by atomic mass is 10.0. The van der Waals surface area contributed by atoms with Crippen LogP contribution in [0.1, 0.15) is 41.9 Å². The molecule has 0 saturated carbocycles. The van der Waals surface area contributed by atoms with Crippen LogP contribution < -0.4 is 0 Å². The Morgan fingerprint density at radius 2 is 2.31 bits per heavy atom. The first-order valence-corrected chi connectivity index (χ1v) is 7.07. The largest absolute Gasteiger partial charge is 0.293 e. The van der Waals surface area contributed by atoms with Gasteiger partial charge < -0.3 is 0 Å². The number of sulfone groups is 1. The third-order valence-electron chi connectivity index (χ3n) is 2.86. The van der Waals surface area contributed by atoms with E-state index in [1.54, 1.807) is 6.07 Å². The lowest BCUT2D eigenvalue weighted by molar-refractivity contribution is 0.101. The Bertz CT molecular complexity index is 504. The molecule has 1 unspecified atom stereocenters. The van der Waals surface area contributed by atoms with Gasteiger partial charge in [-0.1, -0.05) is 0 Å². The van der Waals surface area contributed by atoms with Crippen LogP contribution in [0, 0.1) is 0 Å². The van der Waals surface area contributed by atoms with Crippen molar-refractivity contribution in [3.8, 4) is 0 Å². The molecule has 0 bridgehead atoms. The third kappa shape index (κ3) is 2.32. The van der Waals surface area contributed by atoms with Crippen molar-refractivity contribution in [1.29, 1.82) is 0 Å². The van der Waals surface area contributed by atoms with E-state index >= 15 is 0 Å². The van der Waals surface area contributed by atoms with E-state index in [0.29, 0.717) is 12.1 Å². The van der Waals surface area contributed by atoms with Crippen LogP contribution in [-0.4, -0.2) is 35.9 Å². The van der Waals surface area contributed by atoms with E-state index in [0.717, 1.165) is 12.1 Å². The van der Waals surface area contributed by atoms with Crippen LogP contribution in [-0.2, 0) is 9.84 Å². The normalized spacial score (nSPS) is 24.2. The highest BCUT2D eigenvalue weighted by molar-refractivity contribution is 7.91. The van der Waals surface area contributed by atoms with Gasteiger partial charge in [-0.3, -0.25) is 9.89 Å². The maximum absolute atomic E-state index is 11.5. The SMILES string of the molecule is CC(=O)c1cc(C2CCCS(=O)(=O)C2)[nH]n1. The number of carbonyl (C=O) groups is 1. The van der Waals surface area contributed by atoms with E-state index < -0.39 is 9.84 Å². The minimum absolute atomic E-state index is 0.0423. The Balaban J connectivity index is 2.20. The number of nitrogens with one attached hydrogen (secondary N) is 1. The highest BCUT2D eigenvalue weighted by atomic mass is 32.2. The molecule has 16 heavy (non-hydrogen) atoms. The molecule has 5 nitrogen and oxygen atoms in total. The van der Waals surface area contributed by atoms with Crippen molar-refractivity contribution in [3.05, 3.63) is 17.5 Å². The van der Waals surface area contributed by atoms with E-state index in [1.807, 2.05) is 0 Å². The van der Waals surface area contributed by atoms with E-state index in [-0.39, 0.29) is 23.2 Å². The number of hydrogen-bond donors (Lipinski definition) is 1. The van der Waals surface area contributed by atoms with E-state index in [2.05, 4.69) is 10.2 Å². The van der Waals surface area contributed by atoms with Crippen LogP contribution in [0.5, 0.6) is 0 Å². The second-order valence-electron chi connectivity index (χ2n) is 4.22. The summed E-state index contributed by atoms with van der Waals surface area (Å²) in [7, 11) is -2.92. The molecule has 1 atom stereocenters. The topological polar surface area (TPSA) is 79.9 Å². The van der Waals surface area contributed by atoms with Crippen molar-refractivity contribution in [2.24, 2.45) is 0 Å². The Labute approximate surface area is 94.2 Å². The van der Waals surface area contributed by atoms with E-state index in [4.69, 9.17) is 0 Å². The summed E-state index contributed by atoms with van der Waals surface area (Å²) in [6.07, 6.45) is 1.51. The highest BCUT2D eigenvalue weighted by Crippen LogP contribution is 2.27. The molecule has 0 spiro atoms. The summed E-state index contributed by atoms with van der Waals surface area (Å²) in [6, 6.07) is 1.66. The van der Waals surface area contributed by atoms with Gasteiger partial charge in [0.2, 0.25) is 0 Å². The van der Waals surface area contributed by atoms with Gasteiger partial charge in [0.1, 0.15) is 5.69 Å². The molecule has 0 aromatic carbocycles. The Morgan fingerprint density at radius 1 is 1.56 bits per heavy atom. The molecule has 1 fully saturated rings. The number of nitrogens with zero attached hydrogens (tertiary/aromatic N) is 1. The zero-order valence-electron chi connectivity index (χ0n) is 9.06. The van der Waals surface area contributed by atoms with Crippen LogP contribution in [0.15, 0.2) is 6.07 Å². The van der Waals surface area contributed by atoms with Gasteiger partial charge in [0.15, 0.2) is 15.6 Å². The summed E-state index contributed by atoms with van der Waals surface area (Å²) in [4.78, 5) is 11.1. The predicted molar refractivity (Wildman–Crippen MR) is 59.2 cm³/mol. The number of aromatic nitrogens is 2. The summed E-state index contributed by atoms with van der Waals surface area (Å²) < 4.78 is 22.9. The van der Waals surface area contributed by atoms with E-state index in [1.165, 1.54) is 6.92 Å². The fraction of sp³-hybridized carbons (Fsp3) is 0.600. The molecule has 1 saturated heterocycles. The second-order valence-corrected chi connectivity index (χ2v) is 6.45. The third-order valence-corrected chi connectivity index (χ3v) is 4.68. The van der Waals surface area contributed by atoms with Gasteiger partial charge in [0.25, 0.3) is 0 Å². The molecule has 0 amide bonds. The van der Waals surface area contributed by atoms with Gasteiger partial charge in [0, 0.05) is 18.5 Å². The highest BCUT2D eigenvalue weighted by Gasteiger charge is 2.27. The fourth-order valence-electron chi connectivity index (χ4n) is 1.99. The quantitative estimate of drug-likeness (QED) is 0.781. The average molecular weight is 242 g/mol. The second kappa shape index (κ2) is 4.01. The van der Waals surface area contributed by atoms with Crippen molar-refractivity contribution < 1.29 is 13.2 Å². The van der Waals surface area contributed by atoms with E-state index in [9.17, 15) is 13.2 Å². The molecule has 1 aliphatic rings. The first-order valence-electron chi connectivity index (χ1n) is 5.24. The Kier molecular flexibility index (Phi) is 2.84. The van der Waals surface area contributed by atoms with Crippen molar-refractivity contribution in [1.82, 2.24) is 10.2 Å². The molecule has 1 N–H and O–H groups in total. The van der Waals surface area contributed by atoms with Crippen LogP contribution in [0.2, 0.25) is 0 Å². The zero-order valence-corrected chi connectivity index (χ0v) is 9.88. The molecule has 0 aliphatic carbocycles. The minimum Gasteiger partial charge on any atom is -0.293 e. The van der Waals surface area contributed by atoms with Crippen molar-refractivity contribution in [3.63, 3.8) is 0 Å². The summed E-state index contributed by atoms with van der Waals surface area (Å²) in [5.41, 5.74) is 1.13. The number of H-pyrrole nitrogens is 1. The molecule has 2 rings (SSSR count). The molecular formula is C10H14N2O3S. The van der Waals surface area contributed by atoms with Crippen LogP contribution in [0.3, 0.4) is 0 Å². The number of carbonyl (C=O) groups excluding carboxylic acids is 1. The molecule has 1 aromatic heterocycles. The van der Waals surface area contributed by atoms with Crippen LogP contribution >= 0.6 is 0 Å². The standard InChI is InChI=1S/C10H14N2O3S/c1-7(13)9-5-10(12-11-9)8-3-2-4-16(14,15)6-8/h5,8H,2-4,6H2,1H3,(H,11,12). The lowest BCUT2D eigenvalue weighted by Crippen LogP contribution is -2.23. The van der Waals surface area contributed by atoms with Gasteiger partial charge in [-0.15, -0.1) is 0 Å². The van der Waals surface area contributed by atoms with Gasteiger partial charge in [0.05, 0.1) is 11.5 Å². The first kappa shape index (κ1) is 11.3. The van der Waals surface area contributed by atoms with Crippen molar-refractivity contribution in [2.45, 2.75) is 25.7 Å². The molecule has 6 heteroatoms. The molecule has 0 radical (unpaired) electrons. The summed E-state index contributed by atoms with van der Waals surface area (Å²) in [6.45, 7) is 1.44. The zero-order chi connectivity index (χ0) is 11.8. The molecule has 1 aliphatic heterocycles. The average Bonchev–Trinajstić information content (AvgIpc) is 2.64. The molecule has 2 heterocycles. The Hall–Kier alpha value is -1.17. The maximum atomic E-state index is 11.5. The number of Topliss-reactive ketones (excluding diaryl/α,β-unsaturated/α-hetero) is 1. The fourth-order valence-corrected chi connectivity index (χ4v) is 3.73. The lowest BCUT2D eigenvalue weighted by Gasteiger charge is -2.20. The van der Waals surface area contributed by atoms with Gasteiger partial charge in [-0.25, -0.2) is 8.42 Å². The predicted octanol–water partition coefficient (Wildman–Crippen LogP) is 0.904. The molecular weight excluding hydrogens is 228 g/mol. The number of rotatable bonds is 2. The van der Waals surface area contributed by atoms with Crippen LogP contribution in [0.4, 0.5) is 0 Å². The molecule has 88 valence electrons. The minimum atomic E-state index is -2.92.